The van der Waals surface area contributed by atoms with E-state index in [1.807, 2.05) is 70.2 Å². The lowest BCUT2D eigenvalue weighted by Gasteiger charge is -2.22. The molecule has 188 valence electrons. The van der Waals surface area contributed by atoms with Crippen LogP contribution in [0.5, 0.6) is 0 Å². The van der Waals surface area contributed by atoms with Crippen LogP contribution in [-0.2, 0) is 16.8 Å². The van der Waals surface area contributed by atoms with E-state index in [1.54, 1.807) is 29.2 Å². The molecule has 0 bridgehead atoms. The maximum absolute atomic E-state index is 13.1. The topological polar surface area (TPSA) is 117 Å². The molecular formula is C28H29N7O2. The Labute approximate surface area is 215 Å². The van der Waals surface area contributed by atoms with E-state index in [2.05, 4.69) is 31.2 Å². The van der Waals surface area contributed by atoms with Gasteiger partial charge in [-0.25, -0.2) is 0 Å². The molecule has 0 aliphatic carbocycles. The fourth-order valence-corrected chi connectivity index (χ4v) is 4.34. The first-order valence-electron chi connectivity index (χ1n) is 12.1. The lowest BCUT2D eigenvalue weighted by atomic mass is 9.99. The summed E-state index contributed by atoms with van der Waals surface area (Å²) in [6.45, 7) is 7.94. The molecule has 1 aliphatic heterocycles. The molecule has 0 fully saturated rings. The maximum atomic E-state index is 13.1. The molecule has 1 aliphatic rings. The maximum Gasteiger partial charge on any atom is 0.273 e. The zero-order chi connectivity index (χ0) is 26.2. The molecule has 2 amide bonds. The van der Waals surface area contributed by atoms with Crippen LogP contribution < -0.4 is 16.0 Å². The van der Waals surface area contributed by atoms with Crippen molar-refractivity contribution in [2.75, 3.05) is 16.0 Å². The Kier molecular flexibility index (Phi) is 6.12. The molecular weight excluding hydrogens is 466 g/mol. The first kappa shape index (κ1) is 24.1. The molecule has 4 aromatic rings. The fraction of sp³-hybridized carbons (Fsp3) is 0.214. The molecule has 0 spiro atoms. The second-order valence-corrected chi connectivity index (χ2v) is 10.1. The van der Waals surface area contributed by atoms with Crippen LogP contribution in [0.2, 0.25) is 0 Å². The van der Waals surface area contributed by atoms with Crippen molar-refractivity contribution in [1.82, 2.24) is 20.0 Å². The molecule has 9 nitrogen and oxygen atoms in total. The van der Waals surface area contributed by atoms with E-state index < -0.39 is 0 Å². The van der Waals surface area contributed by atoms with Crippen molar-refractivity contribution in [2.45, 2.75) is 39.7 Å². The van der Waals surface area contributed by atoms with E-state index >= 15 is 0 Å². The number of benzene rings is 2. The lowest BCUT2D eigenvalue weighted by molar-refractivity contribution is -0.110. The smallest absolute Gasteiger partial charge is 0.273 e. The molecule has 0 atom stereocenters. The summed E-state index contributed by atoms with van der Waals surface area (Å²) in [5.74, 6) is 0.267. The van der Waals surface area contributed by atoms with Gasteiger partial charge in [-0.05, 0) is 75.6 Å². The van der Waals surface area contributed by atoms with E-state index in [9.17, 15) is 9.59 Å². The third-order valence-corrected chi connectivity index (χ3v) is 6.02. The van der Waals surface area contributed by atoms with Gasteiger partial charge in [0.05, 0.1) is 16.8 Å². The van der Waals surface area contributed by atoms with Gasteiger partial charge < -0.3 is 16.0 Å². The number of anilines is 3. The Morgan fingerprint density at radius 3 is 2.65 bits per heavy atom. The van der Waals surface area contributed by atoms with Crippen LogP contribution in [0.4, 0.5) is 17.2 Å². The first-order chi connectivity index (χ1) is 17.7. The Hall–Kier alpha value is -4.66. The van der Waals surface area contributed by atoms with E-state index in [-0.39, 0.29) is 17.4 Å². The largest absolute Gasteiger partial charge is 0.344 e. The zero-order valence-corrected chi connectivity index (χ0v) is 21.2. The summed E-state index contributed by atoms with van der Waals surface area (Å²) >= 11 is 0. The van der Waals surface area contributed by atoms with Gasteiger partial charge in [0.15, 0.2) is 5.82 Å². The summed E-state index contributed by atoms with van der Waals surface area (Å²) in [6, 6.07) is 17.3. The number of aryl methyl sites for hydroxylation is 1. The highest BCUT2D eigenvalue weighted by Crippen LogP contribution is 2.33. The Balaban J connectivity index is 1.34. The van der Waals surface area contributed by atoms with Crippen molar-refractivity contribution in [3.63, 3.8) is 0 Å². The van der Waals surface area contributed by atoms with Crippen molar-refractivity contribution >= 4 is 34.6 Å². The van der Waals surface area contributed by atoms with Crippen molar-refractivity contribution < 1.29 is 9.59 Å². The number of H-pyrrole nitrogens is 1. The van der Waals surface area contributed by atoms with Crippen molar-refractivity contribution in [3.05, 3.63) is 95.1 Å². The second kappa shape index (κ2) is 9.42. The highest BCUT2D eigenvalue weighted by Gasteiger charge is 2.25. The Morgan fingerprint density at radius 2 is 1.89 bits per heavy atom. The molecule has 9 heteroatoms. The summed E-state index contributed by atoms with van der Waals surface area (Å²) in [5, 5.41) is 20.2. The molecule has 3 heterocycles. The van der Waals surface area contributed by atoms with Crippen molar-refractivity contribution in [1.29, 1.82) is 0 Å². The summed E-state index contributed by atoms with van der Waals surface area (Å²) < 4.78 is 1.76. The summed E-state index contributed by atoms with van der Waals surface area (Å²) in [6.07, 6.45) is 4.02. The monoisotopic (exact) mass is 495 g/mol. The van der Waals surface area contributed by atoms with Gasteiger partial charge in [0.2, 0.25) is 0 Å². The number of hydrogen-bond acceptors (Lipinski definition) is 5. The molecule has 0 saturated heterocycles. The minimum absolute atomic E-state index is 0.162. The number of aromatic amines is 1. The third-order valence-electron chi connectivity index (χ3n) is 6.02. The lowest BCUT2D eigenvalue weighted by Crippen LogP contribution is -2.29. The average Bonchev–Trinajstić information content (AvgIpc) is 3.56. The third kappa shape index (κ3) is 5.16. The zero-order valence-electron chi connectivity index (χ0n) is 21.2. The highest BCUT2D eigenvalue weighted by molar-refractivity contribution is 6.31. The number of aromatic nitrogens is 4. The SMILES string of the molecule is Cc1cc(C(=O)Nc2cccc(Cc3ccc4c(c3)/C(=C/Nc3cc[nH]n3)C(=O)N4)c2)n(C(C)(C)C)n1. The number of amides is 2. The van der Waals surface area contributed by atoms with Gasteiger partial charge in [0.1, 0.15) is 5.69 Å². The van der Waals surface area contributed by atoms with Crippen LogP contribution in [-0.4, -0.2) is 31.8 Å². The van der Waals surface area contributed by atoms with Crippen LogP contribution in [0.25, 0.3) is 5.57 Å². The van der Waals surface area contributed by atoms with Crippen LogP contribution >= 0.6 is 0 Å². The van der Waals surface area contributed by atoms with Gasteiger partial charge in [-0.15, -0.1) is 0 Å². The molecule has 4 N–H and O–H groups in total. The van der Waals surface area contributed by atoms with Crippen molar-refractivity contribution in [2.24, 2.45) is 0 Å². The molecule has 2 aromatic heterocycles. The Morgan fingerprint density at radius 1 is 1.08 bits per heavy atom. The van der Waals surface area contributed by atoms with Gasteiger partial charge >= 0.3 is 0 Å². The van der Waals surface area contributed by atoms with Crippen LogP contribution in [0, 0.1) is 6.92 Å². The van der Waals surface area contributed by atoms with E-state index in [0.717, 1.165) is 28.1 Å². The van der Waals surface area contributed by atoms with Gasteiger partial charge in [-0.2, -0.15) is 10.2 Å². The summed E-state index contributed by atoms with van der Waals surface area (Å²) in [7, 11) is 0. The minimum Gasteiger partial charge on any atom is -0.344 e. The fourth-order valence-electron chi connectivity index (χ4n) is 4.34. The normalized spacial score (nSPS) is 13.9. The van der Waals surface area contributed by atoms with Gasteiger partial charge in [0.25, 0.3) is 11.8 Å². The van der Waals surface area contributed by atoms with Crippen LogP contribution in [0.3, 0.4) is 0 Å². The van der Waals surface area contributed by atoms with E-state index in [0.29, 0.717) is 29.2 Å². The minimum atomic E-state index is -0.312. The molecule has 0 radical (unpaired) electrons. The second-order valence-electron chi connectivity index (χ2n) is 10.1. The predicted molar refractivity (Wildman–Crippen MR) is 144 cm³/mol. The van der Waals surface area contributed by atoms with E-state index in [4.69, 9.17) is 0 Å². The summed E-state index contributed by atoms with van der Waals surface area (Å²) in [4.78, 5) is 25.6. The summed E-state index contributed by atoms with van der Waals surface area (Å²) in [5.41, 5.74) is 5.96. The number of hydrogen-bond donors (Lipinski definition) is 4. The number of nitrogens with zero attached hydrogens (tertiary/aromatic N) is 3. The van der Waals surface area contributed by atoms with Crippen LogP contribution in [0.1, 0.15) is 53.6 Å². The Bertz CT molecular complexity index is 1510. The predicted octanol–water partition coefficient (Wildman–Crippen LogP) is 4.92. The number of rotatable bonds is 6. The van der Waals surface area contributed by atoms with Gasteiger partial charge in [-0.3, -0.25) is 19.4 Å². The number of nitrogens with one attached hydrogen (secondary N) is 4. The molecule has 0 unspecified atom stereocenters. The molecule has 0 saturated carbocycles. The standard InChI is InChI=1S/C28H29N7O2/c1-17-12-24(35(34-17)28(2,3)4)27(37)31-20-7-5-6-18(14-20)13-19-8-9-23-21(15-19)22(26(36)32-23)16-29-25-10-11-30-33-25/h5-12,14-16H,13H2,1-4H3,(H,31,37)(H,32,36)(H2,29,30,33)/b22-16-. The van der Waals surface area contributed by atoms with Gasteiger partial charge in [0, 0.05) is 35.4 Å². The molecule has 2 aromatic carbocycles. The number of carbonyl (C=O) groups is 2. The quantitative estimate of drug-likeness (QED) is 0.283. The number of fused-ring (bicyclic) bond motifs is 1. The van der Waals surface area contributed by atoms with Crippen molar-refractivity contribution in [3.8, 4) is 0 Å². The average molecular weight is 496 g/mol. The molecule has 37 heavy (non-hydrogen) atoms. The highest BCUT2D eigenvalue weighted by atomic mass is 16.2. The first-order valence-corrected chi connectivity index (χ1v) is 12.1. The molecule has 5 rings (SSSR count). The number of carbonyl (C=O) groups excluding carboxylic acids is 2. The van der Waals surface area contributed by atoms with Crippen LogP contribution in [0.15, 0.2) is 67.0 Å². The van der Waals surface area contributed by atoms with Gasteiger partial charge in [-0.1, -0.05) is 18.2 Å². The van der Waals surface area contributed by atoms with E-state index in [1.165, 1.54) is 0 Å².